The highest BCUT2D eigenvalue weighted by atomic mass is 16.1. The average molecular weight is 213 g/mol. The van der Waals surface area contributed by atoms with E-state index in [4.69, 9.17) is 0 Å². The van der Waals surface area contributed by atoms with Gasteiger partial charge in [0.15, 0.2) is 0 Å². The number of amides is 1. The molecule has 15 heavy (non-hydrogen) atoms. The minimum Gasteiger partial charge on any atom is -0.353 e. The number of hydrogen-bond acceptors (Lipinski definition) is 1. The van der Waals surface area contributed by atoms with Crippen LogP contribution >= 0.6 is 0 Å². The Bertz CT molecular complexity index is 168. The molecule has 1 N–H and O–H groups in total. The molecule has 0 aromatic carbocycles. The van der Waals surface area contributed by atoms with Crippen LogP contribution in [0.25, 0.3) is 0 Å². The minimum absolute atomic E-state index is 0.226. The van der Waals surface area contributed by atoms with Gasteiger partial charge in [-0.2, -0.15) is 0 Å². The molecule has 0 aliphatic rings. The lowest BCUT2D eigenvalue weighted by molar-refractivity contribution is -0.126. The van der Waals surface area contributed by atoms with Gasteiger partial charge < -0.3 is 5.32 Å². The van der Waals surface area contributed by atoms with Crippen molar-refractivity contribution in [2.45, 2.75) is 72.3 Å². The molecule has 1 amide bonds. The third kappa shape index (κ3) is 6.53. The number of rotatable bonds is 8. The van der Waals surface area contributed by atoms with Gasteiger partial charge in [-0.05, 0) is 26.2 Å². The molecule has 2 heteroatoms. The van der Waals surface area contributed by atoms with Gasteiger partial charge in [-0.1, -0.05) is 40.0 Å². The fourth-order valence-electron chi connectivity index (χ4n) is 1.84. The molecule has 0 aromatic heterocycles. The molecule has 0 saturated carbocycles. The largest absolute Gasteiger partial charge is 0.353 e. The fourth-order valence-corrected chi connectivity index (χ4v) is 1.84. The molecule has 2 nitrogen and oxygen atoms in total. The zero-order valence-corrected chi connectivity index (χ0v) is 10.8. The number of carbonyl (C=O) groups is 1. The minimum atomic E-state index is 0.226. The van der Waals surface area contributed by atoms with Gasteiger partial charge in [0, 0.05) is 12.0 Å². The van der Waals surface area contributed by atoms with Crippen LogP contribution in [0.3, 0.4) is 0 Å². The molecule has 90 valence electrons. The van der Waals surface area contributed by atoms with Crippen molar-refractivity contribution in [2.24, 2.45) is 5.92 Å². The molecular weight excluding hydrogens is 186 g/mol. The Balaban J connectivity index is 3.91. The lowest BCUT2D eigenvalue weighted by atomic mass is 9.98. The molecule has 0 unspecified atom stereocenters. The van der Waals surface area contributed by atoms with E-state index in [1.165, 1.54) is 6.42 Å². The summed E-state index contributed by atoms with van der Waals surface area (Å²) in [6.45, 7) is 8.51. The molecule has 0 bridgehead atoms. The van der Waals surface area contributed by atoms with E-state index in [2.05, 4.69) is 33.0 Å². The molecule has 0 rings (SSSR count). The van der Waals surface area contributed by atoms with Crippen molar-refractivity contribution in [1.29, 1.82) is 0 Å². The van der Waals surface area contributed by atoms with Crippen LogP contribution in [0.5, 0.6) is 0 Å². The van der Waals surface area contributed by atoms with E-state index in [0.29, 0.717) is 6.04 Å². The van der Waals surface area contributed by atoms with Crippen LogP contribution in [0.2, 0.25) is 0 Å². The zero-order valence-electron chi connectivity index (χ0n) is 10.8. The molecule has 2 atom stereocenters. The highest BCUT2D eigenvalue weighted by molar-refractivity contribution is 5.78. The number of carbonyl (C=O) groups excluding carboxylic acids is 1. The summed E-state index contributed by atoms with van der Waals surface area (Å²) in [5.74, 6) is 0.483. The van der Waals surface area contributed by atoms with Crippen molar-refractivity contribution in [2.75, 3.05) is 0 Å². The standard InChI is InChI=1S/C13H27NO/c1-5-8-10-12(7-3)13(15)14-11(4)9-6-2/h11-12H,5-10H2,1-4H3,(H,14,15)/t11-,12+/m1/s1. The quantitative estimate of drug-likeness (QED) is 0.657. The van der Waals surface area contributed by atoms with Gasteiger partial charge in [0.25, 0.3) is 0 Å². The fraction of sp³-hybridized carbons (Fsp3) is 0.923. The maximum absolute atomic E-state index is 11.9. The molecule has 0 aliphatic carbocycles. The van der Waals surface area contributed by atoms with Crippen LogP contribution in [-0.4, -0.2) is 11.9 Å². The normalized spacial score (nSPS) is 14.7. The molecule has 0 spiro atoms. The Morgan fingerprint density at radius 1 is 1.13 bits per heavy atom. The first-order valence-electron chi connectivity index (χ1n) is 6.45. The second kappa shape index (κ2) is 8.75. The van der Waals surface area contributed by atoms with E-state index >= 15 is 0 Å². The maximum Gasteiger partial charge on any atom is 0.223 e. The topological polar surface area (TPSA) is 29.1 Å². The van der Waals surface area contributed by atoms with Crippen LogP contribution in [0.4, 0.5) is 0 Å². The van der Waals surface area contributed by atoms with Gasteiger partial charge in [0.1, 0.15) is 0 Å². The van der Waals surface area contributed by atoms with Crippen LogP contribution in [0, 0.1) is 5.92 Å². The smallest absolute Gasteiger partial charge is 0.223 e. The maximum atomic E-state index is 11.9. The summed E-state index contributed by atoms with van der Waals surface area (Å²) in [5, 5.41) is 3.10. The van der Waals surface area contributed by atoms with Crippen LogP contribution in [-0.2, 0) is 4.79 Å². The summed E-state index contributed by atoms with van der Waals surface area (Å²) in [4.78, 5) is 11.9. The Hall–Kier alpha value is -0.530. The third-order valence-corrected chi connectivity index (χ3v) is 2.88. The molecule has 0 fully saturated rings. The Kier molecular flexibility index (Phi) is 8.44. The summed E-state index contributed by atoms with van der Waals surface area (Å²) in [6, 6.07) is 0.332. The predicted octanol–water partition coefficient (Wildman–Crippen LogP) is 3.51. The van der Waals surface area contributed by atoms with Gasteiger partial charge in [-0.25, -0.2) is 0 Å². The first kappa shape index (κ1) is 14.5. The predicted molar refractivity (Wildman–Crippen MR) is 65.8 cm³/mol. The highest BCUT2D eigenvalue weighted by Gasteiger charge is 2.16. The molecule has 0 saturated heterocycles. The van der Waals surface area contributed by atoms with Crippen LogP contribution in [0.15, 0.2) is 0 Å². The van der Waals surface area contributed by atoms with Crippen LogP contribution in [0.1, 0.15) is 66.2 Å². The Morgan fingerprint density at radius 3 is 2.27 bits per heavy atom. The van der Waals surface area contributed by atoms with E-state index in [1.54, 1.807) is 0 Å². The van der Waals surface area contributed by atoms with Crippen molar-refractivity contribution in [3.05, 3.63) is 0 Å². The SMILES string of the molecule is CCCC[C@H](CC)C(=O)N[C@H](C)CCC. The Morgan fingerprint density at radius 2 is 1.80 bits per heavy atom. The van der Waals surface area contributed by atoms with Crippen molar-refractivity contribution in [3.63, 3.8) is 0 Å². The van der Waals surface area contributed by atoms with Crippen molar-refractivity contribution in [3.8, 4) is 0 Å². The van der Waals surface area contributed by atoms with Gasteiger partial charge in [-0.15, -0.1) is 0 Å². The third-order valence-electron chi connectivity index (χ3n) is 2.88. The lowest BCUT2D eigenvalue weighted by Gasteiger charge is -2.18. The lowest BCUT2D eigenvalue weighted by Crippen LogP contribution is -2.37. The second-order valence-electron chi connectivity index (χ2n) is 4.45. The number of hydrogen-bond donors (Lipinski definition) is 1. The zero-order chi connectivity index (χ0) is 11.7. The van der Waals surface area contributed by atoms with Gasteiger partial charge in [0.05, 0.1) is 0 Å². The number of nitrogens with one attached hydrogen (secondary N) is 1. The van der Waals surface area contributed by atoms with Crippen LogP contribution < -0.4 is 5.32 Å². The monoisotopic (exact) mass is 213 g/mol. The Labute approximate surface area is 94.8 Å². The summed E-state index contributed by atoms with van der Waals surface area (Å²) >= 11 is 0. The van der Waals surface area contributed by atoms with Crippen molar-refractivity contribution >= 4 is 5.91 Å². The molecule has 0 aromatic rings. The molecule has 0 aliphatic heterocycles. The van der Waals surface area contributed by atoms with Crippen molar-refractivity contribution < 1.29 is 4.79 Å². The first-order chi connectivity index (χ1) is 7.15. The van der Waals surface area contributed by atoms with E-state index in [0.717, 1.165) is 32.1 Å². The highest BCUT2D eigenvalue weighted by Crippen LogP contribution is 2.13. The molecule has 0 radical (unpaired) electrons. The summed E-state index contributed by atoms with van der Waals surface area (Å²) in [5.41, 5.74) is 0. The van der Waals surface area contributed by atoms with E-state index < -0.39 is 0 Å². The van der Waals surface area contributed by atoms with Gasteiger partial charge >= 0.3 is 0 Å². The number of unbranched alkanes of at least 4 members (excludes halogenated alkanes) is 1. The van der Waals surface area contributed by atoms with E-state index in [9.17, 15) is 4.79 Å². The van der Waals surface area contributed by atoms with Gasteiger partial charge in [-0.3, -0.25) is 4.79 Å². The van der Waals surface area contributed by atoms with E-state index in [1.807, 2.05) is 0 Å². The first-order valence-corrected chi connectivity index (χ1v) is 6.45. The summed E-state index contributed by atoms with van der Waals surface area (Å²) < 4.78 is 0. The summed E-state index contributed by atoms with van der Waals surface area (Å²) in [6.07, 6.45) is 6.55. The van der Waals surface area contributed by atoms with Crippen molar-refractivity contribution in [1.82, 2.24) is 5.32 Å². The van der Waals surface area contributed by atoms with E-state index in [-0.39, 0.29) is 11.8 Å². The summed E-state index contributed by atoms with van der Waals surface area (Å²) in [7, 11) is 0. The molecular formula is C13H27NO. The molecule has 0 heterocycles. The second-order valence-corrected chi connectivity index (χ2v) is 4.45. The average Bonchev–Trinajstić information content (AvgIpc) is 2.19. The van der Waals surface area contributed by atoms with Gasteiger partial charge in [0.2, 0.25) is 5.91 Å².